The summed E-state index contributed by atoms with van der Waals surface area (Å²) in [6.07, 6.45) is 7.17. The normalized spacial score (nSPS) is 29.9. The van der Waals surface area contributed by atoms with Crippen LogP contribution in [0.15, 0.2) is 42.6 Å². The first-order valence-corrected chi connectivity index (χ1v) is 19.4. The van der Waals surface area contributed by atoms with Crippen molar-refractivity contribution in [2.75, 3.05) is 13.2 Å². The molecule has 3 heterocycles. The molecular formula is C36H47N5O9S. The molecule has 2 aliphatic carbocycles. The van der Waals surface area contributed by atoms with Crippen molar-refractivity contribution in [2.45, 2.75) is 101 Å². The molecule has 14 nitrogen and oxygen atoms in total. The summed E-state index contributed by atoms with van der Waals surface area (Å²) in [5.74, 6) is -1.89. The molecule has 4 aliphatic rings. The van der Waals surface area contributed by atoms with Crippen LogP contribution in [0.5, 0.6) is 11.6 Å². The first-order chi connectivity index (χ1) is 24.3. The lowest BCUT2D eigenvalue weighted by Gasteiger charge is -2.32. The van der Waals surface area contributed by atoms with Crippen molar-refractivity contribution in [3.8, 4) is 11.6 Å². The smallest absolute Gasteiger partial charge is 0.405 e. The maximum absolute atomic E-state index is 14.4. The molecule has 0 bridgehead atoms. The Morgan fingerprint density at radius 3 is 2.57 bits per heavy atom. The molecule has 2 saturated carbocycles. The highest BCUT2D eigenvalue weighted by Gasteiger charge is 2.62. The summed E-state index contributed by atoms with van der Waals surface area (Å²) in [4.78, 5) is 60.1. The number of rotatable bonds is 9. The maximum Gasteiger partial charge on any atom is 0.405 e. The van der Waals surface area contributed by atoms with E-state index in [1.54, 1.807) is 6.20 Å². The van der Waals surface area contributed by atoms with Crippen LogP contribution in [-0.4, -0.2) is 89.4 Å². The van der Waals surface area contributed by atoms with E-state index in [4.69, 9.17) is 9.47 Å². The van der Waals surface area contributed by atoms with Gasteiger partial charge in [-0.2, -0.15) is 0 Å². The molecule has 0 radical (unpaired) electrons. The first kappa shape index (κ1) is 36.4. The second-order valence-corrected chi connectivity index (χ2v) is 16.5. The highest BCUT2D eigenvalue weighted by molar-refractivity contribution is 7.91. The van der Waals surface area contributed by atoms with E-state index < -0.39 is 74.7 Å². The number of carboxylic acid groups (broad SMARTS) is 1. The predicted molar refractivity (Wildman–Crippen MR) is 187 cm³/mol. The molecular weight excluding hydrogens is 678 g/mol. The van der Waals surface area contributed by atoms with Gasteiger partial charge >= 0.3 is 6.09 Å². The number of amides is 4. The zero-order valence-corrected chi connectivity index (χ0v) is 30.0. The number of hydrogen-bond acceptors (Lipinski definition) is 9. The lowest BCUT2D eigenvalue weighted by atomic mass is 9.88. The minimum atomic E-state index is -3.90. The van der Waals surface area contributed by atoms with Gasteiger partial charge in [-0.05, 0) is 62.8 Å². The Morgan fingerprint density at radius 2 is 1.86 bits per heavy atom. The summed E-state index contributed by atoms with van der Waals surface area (Å²) in [5, 5.41) is 15.8. The van der Waals surface area contributed by atoms with Crippen LogP contribution in [0.2, 0.25) is 0 Å². The van der Waals surface area contributed by atoms with Crippen molar-refractivity contribution in [3.63, 3.8) is 0 Å². The van der Waals surface area contributed by atoms with Crippen LogP contribution in [0, 0.1) is 17.8 Å². The second kappa shape index (κ2) is 14.7. The molecule has 2 aliphatic heterocycles. The van der Waals surface area contributed by atoms with E-state index in [2.05, 4.69) is 20.3 Å². The number of carbonyl (C=O) groups is 4. The van der Waals surface area contributed by atoms with Crippen molar-refractivity contribution in [3.05, 3.63) is 42.6 Å². The van der Waals surface area contributed by atoms with Gasteiger partial charge in [0, 0.05) is 23.1 Å². The van der Waals surface area contributed by atoms with Gasteiger partial charge in [0.1, 0.15) is 29.5 Å². The van der Waals surface area contributed by atoms with Crippen molar-refractivity contribution >= 4 is 44.6 Å². The molecule has 0 spiro atoms. The summed E-state index contributed by atoms with van der Waals surface area (Å²) in [5.41, 5.74) is -1.52. The molecule has 0 unspecified atom stereocenters. The van der Waals surface area contributed by atoms with E-state index in [-0.39, 0.29) is 31.2 Å². The van der Waals surface area contributed by atoms with E-state index in [1.807, 2.05) is 57.2 Å². The fraction of sp³-hybridized carbons (Fsp3) is 0.583. The predicted octanol–water partition coefficient (Wildman–Crippen LogP) is 3.50. The second-order valence-electron chi connectivity index (χ2n) is 14.5. The van der Waals surface area contributed by atoms with Crippen LogP contribution in [0.1, 0.15) is 72.1 Å². The minimum Gasteiger partial charge on any atom is -0.491 e. The molecule has 1 aromatic heterocycles. The first-order valence-electron chi connectivity index (χ1n) is 17.8. The zero-order chi connectivity index (χ0) is 36.5. The Kier molecular flexibility index (Phi) is 10.5. The van der Waals surface area contributed by atoms with E-state index in [0.717, 1.165) is 18.2 Å². The van der Waals surface area contributed by atoms with Crippen LogP contribution in [0.25, 0.3) is 10.8 Å². The third kappa shape index (κ3) is 7.92. The van der Waals surface area contributed by atoms with E-state index in [9.17, 15) is 32.7 Å². The van der Waals surface area contributed by atoms with Gasteiger partial charge in [-0.1, -0.05) is 51.1 Å². The lowest BCUT2D eigenvalue weighted by molar-refractivity contribution is -0.142. The van der Waals surface area contributed by atoms with E-state index >= 15 is 0 Å². The number of carbonyl (C=O) groups excluding carboxylic acids is 3. The molecule has 15 heteroatoms. The van der Waals surface area contributed by atoms with Crippen molar-refractivity contribution < 1.29 is 42.2 Å². The van der Waals surface area contributed by atoms with E-state index in [0.29, 0.717) is 43.4 Å². The maximum atomic E-state index is 14.4. The topological polar surface area (TPSA) is 193 Å². The Morgan fingerprint density at radius 1 is 1.12 bits per heavy atom. The number of pyridine rings is 1. The highest BCUT2D eigenvalue weighted by Crippen LogP contribution is 2.46. The van der Waals surface area contributed by atoms with Gasteiger partial charge in [-0.3, -0.25) is 19.1 Å². The summed E-state index contributed by atoms with van der Waals surface area (Å²) < 4.78 is 40.1. The monoisotopic (exact) mass is 725 g/mol. The summed E-state index contributed by atoms with van der Waals surface area (Å²) in [6, 6.07) is 5.15. The number of hydrogen-bond donors (Lipinski definition) is 4. The number of benzene rings is 1. The molecule has 1 aromatic carbocycles. The molecule has 51 heavy (non-hydrogen) atoms. The Hall–Kier alpha value is -4.40. The number of nitrogens with one attached hydrogen (secondary N) is 3. The number of aromatic nitrogens is 1. The highest BCUT2D eigenvalue weighted by atomic mass is 32.2. The Labute approximate surface area is 297 Å². The quantitative estimate of drug-likeness (QED) is 0.278. The molecule has 3 fully saturated rings. The summed E-state index contributed by atoms with van der Waals surface area (Å²) >= 11 is 0. The summed E-state index contributed by atoms with van der Waals surface area (Å²) in [7, 11) is -3.90. The van der Waals surface area contributed by atoms with Gasteiger partial charge in [0.2, 0.25) is 27.7 Å². The van der Waals surface area contributed by atoms with Gasteiger partial charge in [0.15, 0.2) is 0 Å². The molecule has 6 rings (SSSR count). The average molecular weight is 726 g/mol. The fourth-order valence-electron chi connectivity index (χ4n) is 7.35. The van der Waals surface area contributed by atoms with Gasteiger partial charge in [-0.15, -0.1) is 0 Å². The largest absolute Gasteiger partial charge is 0.491 e. The molecule has 4 amide bonds. The number of ether oxygens (including phenoxy) is 2. The van der Waals surface area contributed by atoms with Crippen LogP contribution < -0.4 is 24.8 Å². The number of sulfonamides is 1. The van der Waals surface area contributed by atoms with Gasteiger partial charge in [0.05, 0.1) is 24.6 Å². The van der Waals surface area contributed by atoms with Gasteiger partial charge in [-0.25, -0.2) is 18.2 Å². The standard InChI is InChI=1S/C36H47N5O9S/c1-4-15-49-29-19-37-32(27-12-8-7-11-26(27)29)50-24-17-28-31(42)39-36(34(44)40-51(47,48)25-13-14-25)18-23(36)10-6-5-9-21(2)16-22(3)30(38-35(45)46)33(43)41(28)20-24/h6-8,10-12,19,21-25,28,30,38H,4-5,9,13-18,20H2,1-3H3,(H,39,42)(H,40,44)(H,45,46)/t21-,22-,23-,24-,28+,30+,36-/m1/s1. The third-order valence-electron chi connectivity index (χ3n) is 10.4. The molecule has 4 N–H and O–H groups in total. The van der Waals surface area contributed by atoms with Crippen molar-refractivity contribution in [2.24, 2.45) is 17.8 Å². The van der Waals surface area contributed by atoms with Gasteiger partial charge < -0.3 is 30.1 Å². The van der Waals surface area contributed by atoms with Crippen molar-refractivity contribution in [1.82, 2.24) is 25.2 Å². The molecule has 7 atom stereocenters. The van der Waals surface area contributed by atoms with Crippen molar-refractivity contribution in [1.29, 1.82) is 0 Å². The lowest BCUT2D eigenvalue weighted by Crippen LogP contribution is -2.59. The summed E-state index contributed by atoms with van der Waals surface area (Å²) in [6.45, 7) is 6.30. The Bertz CT molecular complexity index is 1810. The average Bonchev–Trinajstić information content (AvgIpc) is 4.01. The SMILES string of the molecule is CCCOc1cnc(O[C@@H]2C[C@H]3C(=O)N[C@]4(C(=O)NS(=O)(=O)C5CC5)C[C@H]4C=CCC[C@@H](C)C[C@@H](C)[C@H](NC(=O)O)C(=O)N3C2)c2ccccc12. The number of fused-ring (bicyclic) bond motifs is 3. The fourth-order valence-corrected chi connectivity index (χ4v) is 8.71. The van der Waals surface area contributed by atoms with Crippen LogP contribution in [-0.2, 0) is 24.4 Å². The third-order valence-corrected chi connectivity index (χ3v) is 12.2. The zero-order valence-electron chi connectivity index (χ0n) is 29.2. The van der Waals surface area contributed by atoms with Crippen LogP contribution >= 0.6 is 0 Å². The molecule has 1 saturated heterocycles. The molecule has 2 aromatic rings. The number of nitrogens with zero attached hydrogens (tertiary/aromatic N) is 2. The van der Waals surface area contributed by atoms with E-state index in [1.165, 1.54) is 4.90 Å². The minimum absolute atomic E-state index is 0.0187. The molecule has 276 valence electrons. The van der Waals surface area contributed by atoms with Crippen LogP contribution in [0.4, 0.5) is 4.79 Å². The Balaban J connectivity index is 1.33. The van der Waals surface area contributed by atoms with Crippen LogP contribution in [0.3, 0.4) is 0 Å². The van der Waals surface area contributed by atoms with Gasteiger partial charge in [0.25, 0.3) is 5.91 Å². The number of allylic oxidation sites excluding steroid dienone is 1.